The first-order valence-corrected chi connectivity index (χ1v) is 20.6. The molecule has 0 spiro atoms. The number of alkyl halides is 3. The van der Waals surface area contributed by atoms with Gasteiger partial charge in [0.15, 0.2) is 0 Å². The van der Waals surface area contributed by atoms with E-state index in [1.54, 1.807) is 83.1 Å². The van der Waals surface area contributed by atoms with Gasteiger partial charge in [0.25, 0.3) is 11.8 Å². The number of alkyl carbamates (subject to hydrolysis) is 1. The molecule has 12 nitrogen and oxygen atoms in total. The zero-order valence-corrected chi connectivity index (χ0v) is 35.8. The topological polar surface area (TPSA) is 127 Å². The molecule has 2 atom stereocenters. The van der Waals surface area contributed by atoms with Crippen molar-refractivity contribution in [3.63, 3.8) is 0 Å². The molecule has 1 N–H and O–H groups in total. The molecule has 1 fully saturated rings. The van der Waals surface area contributed by atoms with Gasteiger partial charge in [0.2, 0.25) is 5.60 Å². The lowest BCUT2D eigenvalue weighted by Crippen LogP contribution is -2.55. The van der Waals surface area contributed by atoms with Crippen LogP contribution in [0.2, 0.25) is 0 Å². The molecule has 2 aliphatic rings. The number of nitrogens with zero attached hydrogens (tertiary/aromatic N) is 3. The number of rotatable bonds is 12. The summed E-state index contributed by atoms with van der Waals surface area (Å²) in [5, 5.41) is 2.62. The zero-order chi connectivity index (χ0) is 44.8. The Balaban J connectivity index is 1.35. The van der Waals surface area contributed by atoms with E-state index in [2.05, 4.69) is 5.32 Å². The van der Waals surface area contributed by atoms with E-state index in [1.807, 2.05) is 36.4 Å². The van der Waals surface area contributed by atoms with Crippen molar-refractivity contribution < 1.29 is 51.3 Å². The summed E-state index contributed by atoms with van der Waals surface area (Å²) >= 11 is 0. The SMILES string of the molecule is CC(C)N(C(=O)c1cc2c(cc1C(F)(F)F)OC(C)(c1cccc(OCc3ccccc3)c1)C(=O)N2CCNC(=O)OCc1ccccc1)[C@@H]1CCCN(C(=O)OC(C)(C)C)C1. The van der Waals surface area contributed by atoms with Crippen molar-refractivity contribution in [2.45, 2.75) is 97.1 Å². The summed E-state index contributed by atoms with van der Waals surface area (Å²) in [6, 6.07) is 25.6. The second kappa shape index (κ2) is 18.8. The predicted octanol–water partition coefficient (Wildman–Crippen LogP) is 9.10. The number of benzene rings is 4. The van der Waals surface area contributed by atoms with Crippen molar-refractivity contribution in [1.29, 1.82) is 0 Å². The number of hydrogen-bond acceptors (Lipinski definition) is 8. The monoisotopic (exact) mass is 858 g/mol. The molecule has 0 saturated carbocycles. The van der Waals surface area contributed by atoms with Gasteiger partial charge in [-0.2, -0.15) is 13.2 Å². The largest absolute Gasteiger partial charge is 0.489 e. The van der Waals surface area contributed by atoms with Crippen LogP contribution in [0.5, 0.6) is 11.5 Å². The molecule has 330 valence electrons. The fourth-order valence-electron chi connectivity index (χ4n) is 7.61. The first-order chi connectivity index (χ1) is 29.3. The fourth-order valence-corrected chi connectivity index (χ4v) is 7.61. The molecule has 62 heavy (non-hydrogen) atoms. The van der Waals surface area contributed by atoms with Gasteiger partial charge in [0.05, 0.1) is 22.9 Å². The Kier molecular flexibility index (Phi) is 13.7. The molecular weight excluding hydrogens is 806 g/mol. The third-order valence-corrected chi connectivity index (χ3v) is 10.6. The average molecular weight is 859 g/mol. The Morgan fingerprint density at radius 2 is 1.58 bits per heavy atom. The van der Waals surface area contributed by atoms with E-state index < -0.39 is 64.6 Å². The molecule has 6 rings (SSSR count). The highest BCUT2D eigenvalue weighted by Gasteiger charge is 2.49. The van der Waals surface area contributed by atoms with Crippen LogP contribution in [0, 0.1) is 0 Å². The standard InChI is InChI=1S/C47H53F3N4O8/c1-31(2)54(35-20-14-23-52(28-35)44(58)62-45(3,4)5)41(55)37-26-39-40(27-38(37)47(48,49)50)61-46(6,34-19-13-21-36(25-34)59-29-32-15-9-7-10-16-32)42(56)53(39)24-22-51-43(57)60-30-33-17-11-8-12-18-33/h7-13,15-19,21,25-27,31,35H,14,20,22-24,28-30H2,1-6H3,(H,51,57)/t35-,46?/m1/s1. The number of nitrogens with one attached hydrogen (secondary N) is 1. The molecular formula is C47H53F3N4O8. The van der Waals surface area contributed by atoms with Crippen LogP contribution in [0.4, 0.5) is 28.4 Å². The highest BCUT2D eigenvalue weighted by atomic mass is 19.4. The number of carbonyl (C=O) groups is 4. The van der Waals surface area contributed by atoms with Crippen LogP contribution in [0.25, 0.3) is 0 Å². The summed E-state index contributed by atoms with van der Waals surface area (Å²) in [4.78, 5) is 59.3. The second-order valence-electron chi connectivity index (χ2n) is 16.8. The molecule has 15 heteroatoms. The van der Waals surface area contributed by atoms with Gasteiger partial charge in [-0.3, -0.25) is 9.59 Å². The maximum absolute atomic E-state index is 15.2. The molecule has 0 bridgehead atoms. The first-order valence-electron chi connectivity index (χ1n) is 20.6. The molecule has 0 radical (unpaired) electrons. The van der Waals surface area contributed by atoms with E-state index in [9.17, 15) is 19.2 Å². The molecule has 0 aromatic heterocycles. The quantitative estimate of drug-likeness (QED) is 0.150. The third-order valence-electron chi connectivity index (χ3n) is 10.6. The van der Waals surface area contributed by atoms with Gasteiger partial charge in [-0.05, 0) is 89.8 Å². The van der Waals surface area contributed by atoms with Gasteiger partial charge < -0.3 is 39.0 Å². The van der Waals surface area contributed by atoms with Gasteiger partial charge in [-0.25, -0.2) is 9.59 Å². The molecule has 1 unspecified atom stereocenters. The normalized spacial score (nSPS) is 17.8. The highest BCUT2D eigenvalue weighted by molar-refractivity contribution is 6.05. The molecule has 2 aliphatic heterocycles. The maximum Gasteiger partial charge on any atom is 0.417 e. The number of likely N-dealkylation sites (tertiary alicyclic amines) is 1. The van der Waals surface area contributed by atoms with Gasteiger partial charge >= 0.3 is 18.4 Å². The van der Waals surface area contributed by atoms with Gasteiger partial charge in [-0.15, -0.1) is 0 Å². The van der Waals surface area contributed by atoms with Crippen LogP contribution in [0.1, 0.15) is 87.0 Å². The Labute approximate surface area is 359 Å². The van der Waals surface area contributed by atoms with Crippen LogP contribution >= 0.6 is 0 Å². The lowest BCUT2D eigenvalue weighted by atomic mass is 9.90. The van der Waals surface area contributed by atoms with Crippen LogP contribution < -0.4 is 19.7 Å². The molecule has 2 heterocycles. The van der Waals surface area contributed by atoms with E-state index in [0.717, 1.165) is 23.3 Å². The van der Waals surface area contributed by atoms with Crippen molar-refractivity contribution in [3.05, 3.63) is 125 Å². The van der Waals surface area contributed by atoms with Gasteiger partial charge in [0, 0.05) is 37.8 Å². The van der Waals surface area contributed by atoms with Crippen LogP contribution in [0.3, 0.4) is 0 Å². The van der Waals surface area contributed by atoms with E-state index in [0.29, 0.717) is 30.7 Å². The van der Waals surface area contributed by atoms with Crippen LogP contribution in [0.15, 0.2) is 97.1 Å². The van der Waals surface area contributed by atoms with E-state index in [4.69, 9.17) is 18.9 Å². The van der Waals surface area contributed by atoms with Crippen molar-refractivity contribution in [2.75, 3.05) is 31.1 Å². The number of fused-ring (bicyclic) bond motifs is 1. The fraction of sp³-hybridized carbons (Fsp3) is 0.404. The number of anilines is 1. The number of carbonyl (C=O) groups excluding carboxylic acids is 4. The number of piperidine rings is 1. The van der Waals surface area contributed by atoms with Crippen molar-refractivity contribution in [3.8, 4) is 11.5 Å². The predicted molar refractivity (Wildman–Crippen MR) is 226 cm³/mol. The minimum Gasteiger partial charge on any atom is -0.489 e. The number of ether oxygens (including phenoxy) is 4. The first kappa shape index (κ1) is 45.3. The van der Waals surface area contributed by atoms with Crippen molar-refractivity contribution in [2.24, 2.45) is 0 Å². The van der Waals surface area contributed by atoms with Crippen LogP contribution in [-0.4, -0.2) is 77.7 Å². The summed E-state index contributed by atoms with van der Waals surface area (Å²) in [7, 11) is 0. The lowest BCUT2D eigenvalue weighted by Gasteiger charge is -2.43. The summed E-state index contributed by atoms with van der Waals surface area (Å²) in [5.74, 6) is -1.51. The molecule has 1 saturated heterocycles. The Morgan fingerprint density at radius 1 is 0.919 bits per heavy atom. The minimum absolute atomic E-state index is 0.0126. The second-order valence-corrected chi connectivity index (χ2v) is 16.8. The lowest BCUT2D eigenvalue weighted by molar-refractivity contribution is -0.138. The Hall–Kier alpha value is -6.25. The van der Waals surface area contributed by atoms with E-state index in [1.165, 1.54) is 21.6 Å². The van der Waals surface area contributed by atoms with Crippen molar-refractivity contribution in [1.82, 2.24) is 15.1 Å². The van der Waals surface area contributed by atoms with E-state index in [-0.39, 0.29) is 44.3 Å². The molecule has 4 aromatic rings. The highest BCUT2D eigenvalue weighted by Crippen LogP contribution is 2.47. The zero-order valence-electron chi connectivity index (χ0n) is 35.8. The number of amides is 4. The van der Waals surface area contributed by atoms with E-state index >= 15 is 13.2 Å². The summed E-state index contributed by atoms with van der Waals surface area (Å²) in [5.41, 5.74) is -2.76. The summed E-state index contributed by atoms with van der Waals surface area (Å²) < 4.78 is 68.9. The maximum atomic E-state index is 15.2. The van der Waals surface area contributed by atoms with Gasteiger partial charge in [0.1, 0.15) is 30.3 Å². The minimum atomic E-state index is -5.03. The third kappa shape index (κ3) is 10.8. The van der Waals surface area contributed by atoms with Crippen molar-refractivity contribution >= 4 is 29.7 Å². The summed E-state index contributed by atoms with van der Waals surface area (Å²) in [6.07, 6.45) is -5.46. The summed E-state index contributed by atoms with van der Waals surface area (Å²) in [6.45, 7) is 10.3. The number of halogens is 3. The smallest absolute Gasteiger partial charge is 0.417 e. The molecule has 4 aromatic carbocycles. The average Bonchev–Trinajstić information content (AvgIpc) is 3.23. The van der Waals surface area contributed by atoms with Crippen LogP contribution in [-0.2, 0) is 39.3 Å². The van der Waals surface area contributed by atoms with Gasteiger partial charge in [-0.1, -0.05) is 72.8 Å². The molecule has 0 aliphatic carbocycles. The Bertz CT molecular complexity index is 2230. The molecule has 4 amide bonds. The Morgan fingerprint density at radius 3 is 2.21 bits per heavy atom. The number of hydrogen-bond donors (Lipinski definition) is 1.